The third kappa shape index (κ3) is 4.01. The number of benzene rings is 2. The molecule has 0 fully saturated rings. The Morgan fingerprint density at radius 2 is 2.00 bits per heavy atom. The number of fused-ring (bicyclic) bond motifs is 1. The van der Waals surface area contributed by atoms with E-state index in [0.717, 1.165) is 5.56 Å². The minimum absolute atomic E-state index is 0.00494. The Bertz CT molecular complexity index is 911. The van der Waals surface area contributed by atoms with Crippen LogP contribution in [0, 0.1) is 6.92 Å². The summed E-state index contributed by atoms with van der Waals surface area (Å²) in [6.45, 7) is 5.40. The fraction of sp³-hybridized carbons (Fsp3) is 0.300. The molecule has 0 saturated carbocycles. The Morgan fingerprint density at radius 1 is 1.26 bits per heavy atom. The van der Waals surface area contributed by atoms with Crippen LogP contribution in [0.25, 0.3) is 0 Å². The van der Waals surface area contributed by atoms with Crippen LogP contribution in [0.3, 0.4) is 0 Å². The predicted octanol–water partition coefficient (Wildman–Crippen LogP) is 3.89. The van der Waals surface area contributed by atoms with E-state index in [-0.39, 0.29) is 30.5 Å². The Morgan fingerprint density at radius 3 is 2.74 bits per heavy atom. The number of aryl methyl sites for hydroxylation is 1. The number of phenols is 1. The van der Waals surface area contributed by atoms with E-state index in [0.29, 0.717) is 22.1 Å². The molecular formula is C20H21ClN2O4. The van der Waals surface area contributed by atoms with Crippen molar-refractivity contribution in [3.8, 4) is 11.5 Å². The van der Waals surface area contributed by atoms with Crippen LogP contribution in [0.1, 0.15) is 25.8 Å². The van der Waals surface area contributed by atoms with Gasteiger partial charge in [0.1, 0.15) is 11.5 Å². The van der Waals surface area contributed by atoms with Crippen molar-refractivity contribution in [1.82, 2.24) is 0 Å². The summed E-state index contributed by atoms with van der Waals surface area (Å²) in [7, 11) is 0. The van der Waals surface area contributed by atoms with Crippen molar-refractivity contribution >= 4 is 34.8 Å². The number of hydrogen-bond acceptors (Lipinski definition) is 4. The molecule has 3 rings (SSSR count). The topological polar surface area (TPSA) is 78.9 Å². The molecule has 6 nitrogen and oxygen atoms in total. The van der Waals surface area contributed by atoms with Gasteiger partial charge in [0.2, 0.25) is 5.91 Å². The zero-order chi connectivity index (χ0) is 19.8. The van der Waals surface area contributed by atoms with Crippen LogP contribution in [-0.2, 0) is 9.59 Å². The highest BCUT2D eigenvalue weighted by Gasteiger charge is 2.40. The summed E-state index contributed by atoms with van der Waals surface area (Å²) in [5.41, 5.74) is 0.762. The van der Waals surface area contributed by atoms with Crippen LogP contribution < -0.4 is 15.0 Å². The fourth-order valence-corrected chi connectivity index (χ4v) is 3.11. The SMILES string of the molecule is Cc1ccc(O)c(NC(=O)CCN2C(=O)C(C)(C)Oc3ccc(Cl)cc32)c1. The van der Waals surface area contributed by atoms with Gasteiger partial charge in [-0.25, -0.2) is 0 Å². The Balaban J connectivity index is 1.76. The molecular weight excluding hydrogens is 368 g/mol. The zero-order valence-electron chi connectivity index (χ0n) is 15.4. The maximum absolute atomic E-state index is 12.8. The number of amides is 2. The minimum atomic E-state index is -1.04. The van der Waals surface area contributed by atoms with E-state index in [1.807, 2.05) is 6.92 Å². The molecule has 0 radical (unpaired) electrons. The second-order valence-corrected chi connectivity index (χ2v) is 7.44. The number of ether oxygens (including phenoxy) is 1. The smallest absolute Gasteiger partial charge is 0.270 e. The maximum atomic E-state index is 12.8. The van der Waals surface area contributed by atoms with Crippen LogP contribution in [-0.4, -0.2) is 29.1 Å². The molecule has 2 amide bonds. The lowest BCUT2D eigenvalue weighted by molar-refractivity contribution is -0.132. The van der Waals surface area contributed by atoms with E-state index >= 15 is 0 Å². The molecule has 0 aliphatic carbocycles. The van der Waals surface area contributed by atoms with E-state index in [2.05, 4.69) is 5.32 Å². The lowest BCUT2D eigenvalue weighted by Crippen LogP contribution is -2.53. The number of halogens is 1. The number of nitrogens with zero attached hydrogens (tertiary/aromatic N) is 1. The molecule has 27 heavy (non-hydrogen) atoms. The van der Waals surface area contributed by atoms with Crippen molar-refractivity contribution in [3.63, 3.8) is 0 Å². The highest BCUT2D eigenvalue weighted by Crippen LogP contribution is 2.39. The number of aromatic hydroxyl groups is 1. The van der Waals surface area contributed by atoms with Crippen molar-refractivity contribution < 1.29 is 19.4 Å². The quantitative estimate of drug-likeness (QED) is 0.779. The van der Waals surface area contributed by atoms with Crippen molar-refractivity contribution in [2.24, 2.45) is 0 Å². The van der Waals surface area contributed by atoms with Gasteiger partial charge in [0, 0.05) is 18.0 Å². The minimum Gasteiger partial charge on any atom is -0.506 e. The monoisotopic (exact) mass is 388 g/mol. The van der Waals surface area contributed by atoms with E-state index in [9.17, 15) is 14.7 Å². The van der Waals surface area contributed by atoms with Crippen LogP contribution in [0.4, 0.5) is 11.4 Å². The van der Waals surface area contributed by atoms with Crippen LogP contribution >= 0.6 is 11.6 Å². The molecule has 1 aliphatic heterocycles. The van der Waals surface area contributed by atoms with E-state index < -0.39 is 5.60 Å². The van der Waals surface area contributed by atoms with Gasteiger partial charge >= 0.3 is 0 Å². The molecule has 0 saturated heterocycles. The number of carbonyl (C=O) groups is 2. The Kier molecular flexibility index (Phi) is 5.02. The molecule has 2 N–H and O–H groups in total. The first kappa shape index (κ1) is 19.0. The third-order valence-electron chi connectivity index (χ3n) is 4.33. The second kappa shape index (κ2) is 7.12. The normalized spacial score (nSPS) is 15.1. The Hall–Kier alpha value is -2.73. The summed E-state index contributed by atoms with van der Waals surface area (Å²) in [4.78, 5) is 26.6. The zero-order valence-corrected chi connectivity index (χ0v) is 16.1. The average molecular weight is 389 g/mol. The summed E-state index contributed by atoms with van der Waals surface area (Å²) >= 11 is 6.06. The van der Waals surface area contributed by atoms with Gasteiger partial charge in [0.25, 0.3) is 5.91 Å². The largest absolute Gasteiger partial charge is 0.506 e. The summed E-state index contributed by atoms with van der Waals surface area (Å²) in [6.07, 6.45) is 0.0567. The van der Waals surface area contributed by atoms with Gasteiger partial charge in [-0.1, -0.05) is 17.7 Å². The van der Waals surface area contributed by atoms with E-state index in [1.165, 1.54) is 11.0 Å². The molecule has 142 valence electrons. The van der Waals surface area contributed by atoms with E-state index in [1.54, 1.807) is 44.2 Å². The molecule has 1 heterocycles. The van der Waals surface area contributed by atoms with Gasteiger partial charge < -0.3 is 20.1 Å². The molecule has 2 aromatic carbocycles. The Labute approximate surface area is 162 Å². The van der Waals surface area contributed by atoms with Crippen molar-refractivity contribution in [2.45, 2.75) is 32.8 Å². The van der Waals surface area contributed by atoms with Gasteiger partial charge in [-0.3, -0.25) is 9.59 Å². The number of carbonyl (C=O) groups excluding carboxylic acids is 2. The summed E-state index contributed by atoms with van der Waals surface area (Å²) < 4.78 is 5.76. The summed E-state index contributed by atoms with van der Waals surface area (Å²) in [6, 6.07) is 10.0. The molecule has 1 aliphatic rings. The molecule has 0 bridgehead atoms. The van der Waals surface area contributed by atoms with Crippen molar-refractivity contribution in [2.75, 3.05) is 16.8 Å². The molecule has 7 heteroatoms. The number of rotatable bonds is 4. The highest BCUT2D eigenvalue weighted by molar-refractivity contribution is 6.31. The second-order valence-electron chi connectivity index (χ2n) is 7.00. The molecule has 0 aromatic heterocycles. The molecule has 2 aromatic rings. The van der Waals surface area contributed by atoms with Gasteiger partial charge in [0.05, 0.1) is 11.4 Å². The molecule has 0 atom stereocenters. The first-order valence-electron chi connectivity index (χ1n) is 8.57. The molecule has 0 unspecified atom stereocenters. The van der Waals surface area contributed by atoms with Gasteiger partial charge in [0.15, 0.2) is 5.60 Å². The van der Waals surface area contributed by atoms with Crippen LogP contribution in [0.5, 0.6) is 11.5 Å². The standard InChI is InChI=1S/C20H21ClN2O4/c1-12-4-6-16(24)14(10-12)22-18(25)8-9-23-15-11-13(21)5-7-17(15)27-20(2,3)19(23)26/h4-7,10-11,24H,8-9H2,1-3H3,(H,22,25). The van der Waals surface area contributed by atoms with Crippen molar-refractivity contribution in [1.29, 1.82) is 0 Å². The third-order valence-corrected chi connectivity index (χ3v) is 4.56. The first-order valence-corrected chi connectivity index (χ1v) is 8.95. The van der Waals surface area contributed by atoms with Gasteiger partial charge in [-0.15, -0.1) is 0 Å². The van der Waals surface area contributed by atoms with Gasteiger partial charge in [-0.05, 0) is 56.7 Å². The highest BCUT2D eigenvalue weighted by atomic mass is 35.5. The molecule has 0 spiro atoms. The number of nitrogens with one attached hydrogen (secondary N) is 1. The predicted molar refractivity (Wildman–Crippen MR) is 105 cm³/mol. The fourth-order valence-electron chi connectivity index (χ4n) is 2.94. The summed E-state index contributed by atoms with van der Waals surface area (Å²) in [5.74, 6) is -0.0181. The van der Waals surface area contributed by atoms with Crippen LogP contribution in [0.2, 0.25) is 5.02 Å². The van der Waals surface area contributed by atoms with Crippen molar-refractivity contribution in [3.05, 3.63) is 47.0 Å². The first-order chi connectivity index (χ1) is 12.7. The lowest BCUT2D eigenvalue weighted by Gasteiger charge is -2.38. The van der Waals surface area contributed by atoms with E-state index in [4.69, 9.17) is 16.3 Å². The average Bonchev–Trinajstić information content (AvgIpc) is 2.59. The summed E-state index contributed by atoms with van der Waals surface area (Å²) in [5, 5.41) is 13.0. The number of anilines is 2. The number of phenolic OH excluding ortho intramolecular Hbond substituents is 1. The van der Waals surface area contributed by atoms with Gasteiger partial charge in [-0.2, -0.15) is 0 Å². The maximum Gasteiger partial charge on any atom is 0.270 e. The number of hydrogen-bond donors (Lipinski definition) is 2. The van der Waals surface area contributed by atoms with Crippen LogP contribution in [0.15, 0.2) is 36.4 Å². The lowest BCUT2D eigenvalue weighted by atomic mass is 10.0.